The Morgan fingerprint density at radius 3 is 3.05 bits per heavy atom. The van der Waals surface area contributed by atoms with Crippen LogP contribution in [0.25, 0.3) is 0 Å². The van der Waals surface area contributed by atoms with E-state index in [1.807, 2.05) is 6.20 Å². The Labute approximate surface area is 116 Å². The van der Waals surface area contributed by atoms with E-state index in [9.17, 15) is 0 Å². The van der Waals surface area contributed by atoms with E-state index in [-0.39, 0.29) is 0 Å². The highest BCUT2D eigenvalue weighted by Crippen LogP contribution is 2.35. The van der Waals surface area contributed by atoms with Crippen molar-refractivity contribution < 1.29 is 4.74 Å². The van der Waals surface area contributed by atoms with Crippen molar-refractivity contribution in [2.45, 2.75) is 57.6 Å². The number of nitrogens with one attached hydrogen (secondary N) is 1. The van der Waals surface area contributed by atoms with Crippen molar-refractivity contribution >= 4 is 0 Å². The van der Waals surface area contributed by atoms with Crippen molar-refractivity contribution in [2.75, 3.05) is 13.7 Å². The lowest BCUT2D eigenvalue weighted by Crippen LogP contribution is -2.35. The minimum Gasteiger partial charge on any atom is -0.382 e. The van der Waals surface area contributed by atoms with Crippen molar-refractivity contribution in [2.24, 2.45) is 0 Å². The highest BCUT2D eigenvalue weighted by atomic mass is 16.5. The maximum atomic E-state index is 5.37. The van der Waals surface area contributed by atoms with E-state index in [4.69, 9.17) is 4.74 Å². The highest BCUT2D eigenvalue weighted by molar-refractivity contribution is 5.29. The molecule has 1 aliphatic rings. The molecule has 0 fully saturated rings. The number of aromatic nitrogens is 1. The number of ether oxygens (including phenoxy) is 1. The molecule has 3 atom stereocenters. The zero-order valence-corrected chi connectivity index (χ0v) is 12.4. The number of pyridine rings is 1. The number of methoxy groups -OCH3 is 1. The summed E-state index contributed by atoms with van der Waals surface area (Å²) < 4.78 is 5.37. The lowest BCUT2D eigenvalue weighted by molar-refractivity contribution is 0.105. The fourth-order valence-electron chi connectivity index (χ4n) is 3.08. The van der Waals surface area contributed by atoms with E-state index in [0.717, 1.165) is 19.4 Å². The first-order valence-corrected chi connectivity index (χ1v) is 7.46. The fraction of sp³-hybridized carbons (Fsp3) is 0.688. The minimum absolute atomic E-state index is 0.339. The first-order valence-electron chi connectivity index (χ1n) is 7.46. The van der Waals surface area contributed by atoms with Crippen LogP contribution in [0.2, 0.25) is 0 Å². The summed E-state index contributed by atoms with van der Waals surface area (Å²) in [4.78, 5) is 4.62. The summed E-state index contributed by atoms with van der Waals surface area (Å²) in [5.74, 6) is 0.570. The number of hydrogen-bond acceptors (Lipinski definition) is 3. The molecule has 0 radical (unpaired) electrons. The van der Waals surface area contributed by atoms with Gasteiger partial charge in [-0.25, -0.2) is 0 Å². The second-order valence-electron chi connectivity index (χ2n) is 5.48. The maximum Gasteiger partial charge on any atom is 0.0543 e. The van der Waals surface area contributed by atoms with Gasteiger partial charge in [0.25, 0.3) is 0 Å². The zero-order chi connectivity index (χ0) is 13.7. The quantitative estimate of drug-likeness (QED) is 0.820. The van der Waals surface area contributed by atoms with Crippen LogP contribution in [0.1, 0.15) is 50.3 Å². The average molecular weight is 262 g/mol. The van der Waals surface area contributed by atoms with Gasteiger partial charge < -0.3 is 10.1 Å². The first-order chi connectivity index (χ1) is 9.26. The van der Waals surface area contributed by atoms with Gasteiger partial charge in [0.15, 0.2) is 0 Å². The summed E-state index contributed by atoms with van der Waals surface area (Å²) >= 11 is 0. The molecule has 1 aromatic rings. The van der Waals surface area contributed by atoms with Gasteiger partial charge in [-0.3, -0.25) is 4.98 Å². The van der Waals surface area contributed by atoms with Crippen LogP contribution in [-0.4, -0.2) is 30.8 Å². The van der Waals surface area contributed by atoms with Gasteiger partial charge in [0.1, 0.15) is 0 Å². The van der Waals surface area contributed by atoms with Crippen molar-refractivity contribution in [3.63, 3.8) is 0 Å². The number of hydrogen-bond donors (Lipinski definition) is 1. The monoisotopic (exact) mass is 262 g/mol. The molecule has 1 aliphatic carbocycles. The molecule has 19 heavy (non-hydrogen) atoms. The lowest BCUT2D eigenvalue weighted by atomic mass is 9.92. The van der Waals surface area contributed by atoms with Gasteiger partial charge in [-0.2, -0.15) is 0 Å². The van der Waals surface area contributed by atoms with Crippen LogP contribution in [0.15, 0.2) is 18.3 Å². The van der Waals surface area contributed by atoms with E-state index in [1.165, 1.54) is 24.1 Å². The van der Waals surface area contributed by atoms with Crippen LogP contribution in [0.4, 0.5) is 0 Å². The van der Waals surface area contributed by atoms with Gasteiger partial charge in [0.05, 0.1) is 6.10 Å². The molecule has 0 aromatic carbocycles. The van der Waals surface area contributed by atoms with E-state index in [2.05, 4.69) is 36.3 Å². The summed E-state index contributed by atoms with van der Waals surface area (Å²) in [7, 11) is 1.79. The summed E-state index contributed by atoms with van der Waals surface area (Å²) in [5.41, 5.74) is 2.76. The predicted octanol–water partition coefficient (Wildman–Crippen LogP) is 2.90. The van der Waals surface area contributed by atoms with E-state index in [1.54, 1.807) is 7.11 Å². The first kappa shape index (κ1) is 14.5. The Bertz CT molecular complexity index is 394. The number of aryl methyl sites for hydroxylation is 1. The average Bonchev–Trinajstić information content (AvgIpc) is 2.87. The molecule has 2 rings (SSSR count). The minimum atomic E-state index is 0.339. The SMILES string of the molecule is CCNC(CCC(C)OC)C1CCc2cccnc21. The third-order valence-corrected chi connectivity index (χ3v) is 4.24. The second kappa shape index (κ2) is 7.01. The Kier molecular flexibility index (Phi) is 5.34. The smallest absolute Gasteiger partial charge is 0.0543 e. The van der Waals surface area contributed by atoms with Crippen LogP contribution in [0, 0.1) is 0 Å². The molecule has 0 aliphatic heterocycles. The highest BCUT2D eigenvalue weighted by Gasteiger charge is 2.30. The van der Waals surface area contributed by atoms with Crippen LogP contribution < -0.4 is 5.32 Å². The molecule has 1 aromatic heterocycles. The van der Waals surface area contributed by atoms with Gasteiger partial charge in [0, 0.05) is 31.0 Å². The number of rotatable bonds is 7. The number of fused-ring (bicyclic) bond motifs is 1. The van der Waals surface area contributed by atoms with Crippen LogP contribution in [0.3, 0.4) is 0 Å². The molecule has 1 N–H and O–H groups in total. The number of nitrogens with zero attached hydrogens (tertiary/aromatic N) is 1. The molecule has 0 saturated heterocycles. The van der Waals surface area contributed by atoms with Crippen LogP contribution in [-0.2, 0) is 11.2 Å². The standard InChI is InChI=1S/C16H26N2O/c1-4-17-15(10-7-12(2)19-3)14-9-8-13-6-5-11-18-16(13)14/h5-6,11-12,14-15,17H,4,7-10H2,1-3H3. The van der Waals surface area contributed by atoms with Gasteiger partial charge in [-0.15, -0.1) is 0 Å². The second-order valence-corrected chi connectivity index (χ2v) is 5.48. The zero-order valence-electron chi connectivity index (χ0n) is 12.4. The normalized spacial score (nSPS) is 21.1. The van der Waals surface area contributed by atoms with Gasteiger partial charge in [-0.1, -0.05) is 13.0 Å². The largest absolute Gasteiger partial charge is 0.382 e. The van der Waals surface area contributed by atoms with Crippen molar-refractivity contribution in [1.82, 2.24) is 10.3 Å². The molecule has 3 heteroatoms. The Morgan fingerprint density at radius 2 is 2.32 bits per heavy atom. The number of likely N-dealkylation sites (N-methyl/N-ethyl adjacent to an activating group) is 1. The fourth-order valence-corrected chi connectivity index (χ4v) is 3.08. The molecule has 0 bridgehead atoms. The molecule has 3 nitrogen and oxygen atoms in total. The molecule has 1 heterocycles. The Morgan fingerprint density at radius 1 is 1.47 bits per heavy atom. The summed E-state index contributed by atoms with van der Waals surface area (Å²) in [6.45, 7) is 5.34. The summed E-state index contributed by atoms with van der Waals surface area (Å²) in [6.07, 6.45) is 6.93. The van der Waals surface area contributed by atoms with E-state index in [0.29, 0.717) is 18.1 Å². The predicted molar refractivity (Wildman–Crippen MR) is 78.5 cm³/mol. The van der Waals surface area contributed by atoms with Gasteiger partial charge in [-0.05, 0) is 50.8 Å². The molecule has 0 spiro atoms. The molecule has 0 saturated carbocycles. The third kappa shape index (κ3) is 3.54. The lowest BCUT2D eigenvalue weighted by Gasteiger charge is -2.25. The van der Waals surface area contributed by atoms with Crippen LogP contribution >= 0.6 is 0 Å². The van der Waals surface area contributed by atoms with Crippen LogP contribution in [0.5, 0.6) is 0 Å². The molecular weight excluding hydrogens is 236 g/mol. The van der Waals surface area contributed by atoms with E-state index < -0.39 is 0 Å². The van der Waals surface area contributed by atoms with E-state index >= 15 is 0 Å². The molecular formula is C16H26N2O. The Balaban J connectivity index is 2.03. The van der Waals surface area contributed by atoms with Gasteiger partial charge in [0.2, 0.25) is 0 Å². The third-order valence-electron chi connectivity index (χ3n) is 4.24. The van der Waals surface area contributed by atoms with Crippen molar-refractivity contribution in [3.8, 4) is 0 Å². The molecule has 106 valence electrons. The molecule has 0 amide bonds. The van der Waals surface area contributed by atoms with Crippen molar-refractivity contribution in [1.29, 1.82) is 0 Å². The van der Waals surface area contributed by atoms with Gasteiger partial charge >= 0.3 is 0 Å². The topological polar surface area (TPSA) is 34.1 Å². The van der Waals surface area contributed by atoms with Crippen molar-refractivity contribution in [3.05, 3.63) is 29.6 Å². The maximum absolute atomic E-state index is 5.37. The summed E-state index contributed by atoms with van der Waals surface area (Å²) in [6, 6.07) is 4.80. The Hall–Kier alpha value is -0.930. The molecule has 3 unspecified atom stereocenters. The summed E-state index contributed by atoms with van der Waals surface area (Å²) in [5, 5.41) is 3.65.